The molecular formula is C22H28N5O+. The topological polar surface area (TPSA) is 64.2 Å². The number of carbonyl (C=O) groups is 1. The molecule has 1 aliphatic heterocycles. The summed E-state index contributed by atoms with van der Waals surface area (Å²) < 4.78 is 2.07. The Morgan fingerprint density at radius 3 is 2.75 bits per heavy atom. The summed E-state index contributed by atoms with van der Waals surface area (Å²) in [5, 5.41) is 11.8. The van der Waals surface area contributed by atoms with Gasteiger partial charge in [0.2, 0.25) is 0 Å². The number of aromatic nitrogens is 3. The second-order valence-electron chi connectivity index (χ2n) is 7.77. The number of likely N-dealkylation sites (tertiary alicyclic amines) is 1. The van der Waals surface area contributed by atoms with Gasteiger partial charge in [0.25, 0.3) is 5.91 Å². The summed E-state index contributed by atoms with van der Waals surface area (Å²) in [6.07, 6.45) is 2.93. The van der Waals surface area contributed by atoms with Gasteiger partial charge in [0, 0.05) is 19.4 Å². The van der Waals surface area contributed by atoms with Crippen molar-refractivity contribution in [2.75, 3.05) is 26.2 Å². The zero-order valence-electron chi connectivity index (χ0n) is 16.4. The molecule has 4 rings (SSSR count). The van der Waals surface area contributed by atoms with Crippen LogP contribution < -0.4 is 10.2 Å². The Bertz CT molecular complexity index is 929. The fourth-order valence-electron chi connectivity index (χ4n) is 4.03. The molecule has 0 aliphatic carbocycles. The van der Waals surface area contributed by atoms with Crippen LogP contribution in [0, 0.1) is 6.92 Å². The summed E-state index contributed by atoms with van der Waals surface area (Å²) in [6.45, 7) is 5.31. The molecule has 1 aromatic heterocycles. The van der Waals surface area contributed by atoms with Gasteiger partial charge in [-0.25, -0.2) is 4.68 Å². The molecule has 0 radical (unpaired) electrons. The number of piperidine rings is 1. The van der Waals surface area contributed by atoms with E-state index in [9.17, 15) is 4.79 Å². The van der Waals surface area contributed by atoms with Crippen LogP contribution in [0.15, 0.2) is 48.5 Å². The largest absolute Gasteiger partial charge is 0.351 e. The van der Waals surface area contributed by atoms with E-state index < -0.39 is 0 Å². The molecule has 0 unspecified atom stereocenters. The van der Waals surface area contributed by atoms with Crippen molar-refractivity contribution in [1.82, 2.24) is 20.3 Å². The van der Waals surface area contributed by atoms with E-state index in [0.717, 1.165) is 43.4 Å². The first kappa shape index (κ1) is 18.6. The molecule has 3 aromatic rings. The number of nitrogens with one attached hydrogen (secondary N) is 2. The van der Waals surface area contributed by atoms with E-state index in [1.807, 2.05) is 18.2 Å². The summed E-state index contributed by atoms with van der Waals surface area (Å²) >= 11 is 0. The van der Waals surface area contributed by atoms with Crippen molar-refractivity contribution in [3.8, 4) is 0 Å². The number of rotatable bonds is 6. The summed E-state index contributed by atoms with van der Waals surface area (Å²) in [5.41, 5.74) is 4.54. The fraction of sp³-hybridized carbons (Fsp3) is 0.409. The molecule has 0 spiro atoms. The summed E-state index contributed by atoms with van der Waals surface area (Å²) in [7, 11) is 0. The van der Waals surface area contributed by atoms with Gasteiger partial charge in [-0.1, -0.05) is 41.6 Å². The van der Waals surface area contributed by atoms with Crippen LogP contribution in [0.1, 0.15) is 30.0 Å². The first-order valence-corrected chi connectivity index (χ1v) is 10.1. The van der Waals surface area contributed by atoms with Gasteiger partial charge in [0.1, 0.15) is 5.52 Å². The maximum atomic E-state index is 12.3. The van der Waals surface area contributed by atoms with E-state index in [2.05, 4.69) is 57.6 Å². The third-order valence-electron chi connectivity index (χ3n) is 5.62. The van der Waals surface area contributed by atoms with Crippen molar-refractivity contribution in [2.24, 2.45) is 0 Å². The zero-order chi connectivity index (χ0) is 19.3. The van der Waals surface area contributed by atoms with Crippen LogP contribution in [0.4, 0.5) is 0 Å². The van der Waals surface area contributed by atoms with E-state index in [1.165, 1.54) is 16.0 Å². The van der Waals surface area contributed by atoms with Crippen LogP contribution >= 0.6 is 0 Å². The lowest BCUT2D eigenvalue weighted by Crippen LogP contribution is -3.14. The first-order chi connectivity index (χ1) is 13.7. The van der Waals surface area contributed by atoms with Gasteiger partial charge < -0.3 is 10.2 Å². The molecule has 1 amide bonds. The van der Waals surface area contributed by atoms with Crippen LogP contribution in [0.3, 0.4) is 0 Å². The molecule has 1 fully saturated rings. The molecular weight excluding hydrogens is 350 g/mol. The molecule has 2 aromatic carbocycles. The minimum absolute atomic E-state index is 0.145. The summed E-state index contributed by atoms with van der Waals surface area (Å²) in [6, 6.07) is 17.0. The second kappa shape index (κ2) is 8.52. The Morgan fingerprint density at radius 2 is 1.96 bits per heavy atom. The average Bonchev–Trinajstić information content (AvgIpc) is 3.12. The third kappa shape index (κ3) is 4.39. The number of amides is 1. The Labute approximate surface area is 165 Å². The predicted octanol–water partition coefficient (Wildman–Crippen LogP) is 1.32. The van der Waals surface area contributed by atoms with Gasteiger partial charge in [-0.05, 0) is 36.6 Å². The van der Waals surface area contributed by atoms with Gasteiger partial charge >= 0.3 is 0 Å². The summed E-state index contributed by atoms with van der Waals surface area (Å²) in [4.78, 5) is 13.6. The van der Waals surface area contributed by atoms with Gasteiger partial charge in [0.05, 0.1) is 24.6 Å². The lowest BCUT2D eigenvalue weighted by molar-refractivity contribution is -0.897. The van der Waals surface area contributed by atoms with E-state index in [4.69, 9.17) is 0 Å². The highest BCUT2D eigenvalue weighted by atomic mass is 16.2. The van der Waals surface area contributed by atoms with Gasteiger partial charge in [-0.15, -0.1) is 5.10 Å². The highest BCUT2D eigenvalue weighted by molar-refractivity contribution is 5.77. The van der Waals surface area contributed by atoms with Crippen molar-refractivity contribution < 1.29 is 9.69 Å². The molecule has 28 heavy (non-hydrogen) atoms. The molecule has 0 atom stereocenters. The van der Waals surface area contributed by atoms with Crippen LogP contribution in [0.25, 0.3) is 11.0 Å². The number of hydrogen-bond donors (Lipinski definition) is 2. The molecule has 146 valence electrons. The monoisotopic (exact) mass is 378 g/mol. The SMILES string of the molecule is Cc1ccc2c(c1)nnn2C1CC[NH+](CC(=O)NCCc2ccccc2)CC1. The van der Waals surface area contributed by atoms with E-state index in [1.54, 1.807) is 0 Å². The quantitative estimate of drug-likeness (QED) is 0.680. The van der Waals surface area contributed by atoms with Crippen molar-refractivity contribution in [3.05, 3.63) is 59.7 Å². The molecule has 0 bridgehead atoms. The smallest absolute Gasteiger partial charge is 0.275 e. The second-order valence-corrected chi connectivity index (χ2v) is 7.77. The van der Waals surface area contributed by atoms with Crippen LogP contribution in [0.2, 0.25) is 0 Å². The summed E-state index contributed by atoms with van der Waals surface area (Å²) in [5.74, 6) is 0.145. The van der Waals surface area contributed by atoms with Crippen LogP contribution in [-0.2, 0) is 11.2 Å². The Balaban J connectivity index is 1.24. The zero-order valence-corrected chi connectivity index (χ0v) is 16.4. The molecule has 0 saturated carbocycles. The average molecular weight is 379 g/mol. The maximum absolute atomic E-state index is 12.3. The molecule has 1 saturated heterocycles. The molecule has 6 nitrogen and oxygen atoms in total. The van der Waals surface area contributed by atoms with Crippen molar-refractivity contribution in [3.63, 3.8) is 0 Å². The number of hydrogen-bond acceptors (Lipinski definition) is 3. The fourth-order valence-corrected chi connectivity index (χ4v) is 4.03. The van der Waals surface area contributed by atoms with Gasteiger partial charge in [-0.3, -0.25) is 4.79 Å². The number of fused-ring (bicyclic) bond motifs is 1. The number of aryl methyl sites for hydroxylation is 1. The van der Waals surface area contributed by atoms with Gasteiger partial charge in [0.15, 0.2) is 6.54 Å². The van der Waals surface area contributed by atoms with E-state index in [0.29, 0.717) is 19.1 Å². The van der Waals surface area contributed by atoms with Crippen molar-refractivity contribution in [1.29, 1.82) is 0 Å². The molecule has 2 N–H and O–H groups in total. The Kier molecular flexibility index (Phi) is 5.67. The van der Waals surface area contributed by atoms with Crippen molar-refractivity contribution in [2.45, 2.75) is 32.2 Å². The minimum atomic E-state index is 0.145. The number of carbonyl (C=O) groups excluding carboxylic acids is 1. The molecule has 1 aliphatic rings. The number of nitrogens with zero attached hydrogens (tertiary/aromatic N) is 3. The third-order valence-corrected chi connectivity index (χ3v) is 5.62. The maximum Gasteiger partial charge on any atom is 0.275 e. The van der Waals surface area contributed by atoms with Crippen LogP contribution in [0.5, 0.6) is 0 Å². The minimum Gasteiger partial charge on any atom is -0.351 e. The first-order valence-electron chi connectivity index (χ1n) is 10.1. The number of quaternary nitrogens is 1. The molecule has 6 heteroatoms. The van der Waals surface area contributed by atoms with Crippen molar-refractivity contribution >= 4 is 16.9 Å². The number of benzene rings is 2. The lowest BCUT2D eigenvalue weighted by atomic mass is 10.0. The predicted molar refractivity (Wildman–Crippen MR) is 109 cm³/mol. The highest BCUT2D eigenvalue weighted by Gasteiger charge is 2.26. The van der Waals surface area contributed by atoms with E-state index in [-0.39, 0.29) is 5.91 Å². The van der Waals surface area contributed by atoms with E-state index >= 15 is 0 Å². The Morgan fingerprint density at radius 1 is 1.18 bits per heavy atom. The molecule has 2 heterocycles. The normalized spacial score (nSPS) is 19.6. The highest BCUT2D eigenvalue weighted by Crippen LogP contribution is 2.22. The Hall–Kier alpha value is -2.73. The van der Waals surface area contributed by atoms with Gasteiger partial charge in [-0.2, -0.15) is 0 Å². The standard InChI is InChI=1S/C22H27N5O/c1-17-7-8-21-20(15-17)24-25-27(21)19-10-13-26(14-11-19)16-22(28)23-12-9-18-5-3-2-4-6-18/h2-8,15,19H,9-14,16H2,1H3,(H,23,28)/p+1. The van der Waals surface area contributed by atoms with Crippen LogP contribution in [-0.4, -0.2) is 47.1 Å². The lowest BCUT2D eigenvalue weighted by Gasteiger charge is -2.29.